The fraction of sp³-hybridized carbons (Fsp3) is 0.471. The Morgan fingerprint density at radius 1 is 1.38 bits per heavy atom. The van der Waals surface area contributed by atoms with Crippen molar-refractivity contribution in [3.8, 4) is 0 Å². The van der Waals surface area contributed by atoms with E-state index in [-0.39, 0.29) is 12.3 Å². The van der Waals surface area contributed by atoms with Crippen LogP contribution in [0.25, 0.3) is 0 Å². The molecule has 2 aromatic rings. The lowest BCUT2D eigenvalue weighted by atomic mass is 9.98. The van der Waals surface area contributed by atoms with Crippen LogP contribution in [0, 0.1) is 12.7 Å². The molecule has 1 unspecified atom stereocenters. The maximum absolute atomic E-state index is 14.3. The quantitative estimate of drug-likeness (QED) is 0.716. The number of carbonyl (C=O) groups is 1. The summed E-state index contributed by atoms with van der Waals surface area (Å²) in [5.74, 6) is 0.194. The van der Waals surface area contributed by atoms with Crippen molar-refractivity contribution < 1.29 is 18.7 Å². The van der Waals surface area contributed by atoms with Crippen molar-refractivity contribution >= 4 is 6.09 Å². The molecule has 1 aromatic carbocycles. The second-order valence-corrected chi connectivity index (χ2v) is 5.73. The highest BCUT2D eigenvalue weighted by Crippen LogP contribution is 2.23. The molecule has 0 saturated carbocycles. The molecule has 0 saturated heterocycles. The van der Waals surface area contributed by atoms with Crippen molar-refractivity contribution in [3.05, 3.63) is 46.9 Å². The summed E-state index contributed by atoms with van der Waals surface area (Å²) in [5.41, 5.74) is 1.28. The van der Waals surface area contributed by atoms with Gasteiger partial charge in [0.25, 0.3) is 0 Å². The molecule has 0 aliphatic carbocycles. The van der Waals surface area contributed by atoms with Crippen LogP contribution < -0.4 is 5.32 Å². The van der Waals surface area contributed by atoms with Crippen LogP contribution in [0.3, 0.4) is 0 Å². The number of hydrogen-bond donors (Lipinski definition) is 2. The van der Waals surface area contributed by atoms with Gasteiger partial charge in [0, 0.05) is 12.5 Å². The van der Waals surface area contributed by atoms with E-state index in [1.165, 1.54) is 6.07 Å². The van der Waals surface area contributed by atoms with Gasteiger partial charge in [-0.15, -0.1) is 10.2 Å². The Morgan fingerprint density at radius 2 is 2.17 bits per heavy atom. The number of rotatable bonds is 8. The van der Waals surface area contributed by atoms with E-state index in [1.54, 1.807) is 19.1 Å². The number of hydrogen-bond acceptors (Lipinski definition) is 4. The summed E-state index contributed by atoms with van der Waals surface area (Å²) < 4.78 is 19.6. The number of amides is 1. The van der Waals surface area contributed by atoms with E-state index in [4.69, 9.17) is 9.52 Å². The Balaban J connectivity index is 2.23. The van der Waals surface area contributed by atoms with Gasteiger partial charge in [-0.3, -0.25) is 0 Å². The molecule has 1 atom stereocenters. The molecule has 1 amide bonds. The standard InChI is InChI=1S/C17H22FN3O3/c1-3-4-5-6-12-7-8-14(18)13(9-12)15(19-17(22)23)10-16-21-20-11(2)24-16/h7-9,15,19H,3-6,10H2,1-2H3,(H,22,23). The third kappa shape index (κ3) is 5.04. The average Bonchev–Trinajstić information content (AvgIpc) is 2.93. The minimum atomic E-state index is -1.23. The smallest absolute Gasteiger partial charge is 0.405 e. The van der Waals surface area contributed by atoms with Crippen LogP contribution in [0.4, 0.5) is 9.18 Å². The molecule has 0 aliphatic heterocycles. The summed E-state index contributed by atoms with van der Waals surface area (Å²) in [7, 11) is 0. The van der Waals surface area contributed by atoms with Crippen molar-refractivity contribution in [2.24, 2.45) is 0 Å². The van der Waals surface area contributed by atoms with E-state index in [0.29, 0.717) is 11.5 Å². The number of benzene rings is 1. The Kier molecular flexibility index (Phi) is 6.28. The lowest BCUT2D eigenvalue weighted by Crippen LogP contribution is -2.29. The topological polar surface area (TPSA) is 88.3 Å². The first-order chi connectivity index (χ1) is 11.5. The van der Waals surface area contributed by atoms with Crippen LogP contribution >= 0.6 is 0 Å². The first-order valence-corrected chi connectivity index (χ1v) is 8.06. The molecule has 1 aromatic heterocycles. The minimum absolute atomic E-state index is 0.0997. The first-order valence-electron chi connectivity index (χ1n) is 8.06. The van der Waals surface area contributed by atoms with E-state index in [9.17, 15) is 9.18 Å². The maximum Gasteiger partial charge on any atom is 0.405 e. The van der Waals surface area contributed by atoms with Crippen molar-refractivity contribution in [2.45, 2.75) is 52.0 Å². The van der Waals surface area contributed by atoms with Gasteiger partial charge in [0.05, 0.1) is 12.5 Å². The van der Waals surface area contributed by atoms with Crippen molar-refractivity contribution in [1.29, 1.82) is 0 Å². The number of nitrogens with one attached hydrogen (secondary N) is 1. The van der Waals surface area contributed by atoms with Gasteiger partial charge < -0.3 is 14.8 Å². The van der Waals surface area contributed by atoms with Gasteiger partial charge in [-0.05, 0) is 24.5 Å². The molecule has 0 spiro atoms. The van der Waals surface area contributed by atoms with Crippen LogP contribution in [0.1, 0.15) is 55.1 Å². The first kappa shape index (κ1) is 17.9. The van der Waals surface area contributed by atoms with E-state index in [1.807, 2.05) is 0 Å². The summed E-state index contributed by atoms with van der Waals surface area (Å²) in [6.45, 7) is 3.76. The number of halogens is 1. The van der Waals surface area contributed by atoms with E-state index in [2.05, 4.69) is 22.4 Å². The number of carboxylic acid groups (broad SMARTS) is 1. The number of aryl methyl sites for hydroxylation is 2. The zero-order valence-electron chi connectivity index (χ0n) is 13.9. The molecule has 0 bridgehead atoms. The van der Waals surface area contributed by atoms with Gasteiger partial charge >= 0.3 is 6.09 Å². The molecule has 130 valence electrons. The third-order valence-corrected chi connectivity index (χ3v) is 3.75. The van der Waals surface area contributed by atoms with Crippen LogP contribution in [0.2, 0.25) is 0 Å². The molecular formula is C17H22FN3O3. The zero-order valence-corrected chi connectivity index (χ0v) is 13.9. The van der Waals surface area contributed by atoms with Crippen LogP contribution in [-0.2, 0) is 12.8 Å². The van der Waals surface area contributed by atoms with Crippen LogP contribution in [0.15, 0.2) is 22.6 Å². The summed E-state index contributed by atoms with van der Waals surface area (Å²) in [6, 6.07) is 4.05. The fourth-order valence-corrected chi connectivity index (χ4v) is 2.58. The number of nitrogens with zero attached hydrogens (tertiary/aromatic N) is 2. The van der Waals surface area contributed by atoms with Crippen LogP contribution in [0.5, 0.6) is 0 Å². The highest BCUT2D eigenvalue weighted by atomic mass is 19.1. The summed E-state index contributed by atoms with van der Waals surface area (Å²) in [6.07, 6.45) is 2.93. The van der Waals surface area contributed by atoms with Crippen LogP contribution in [-0.4, -0.2) is 21.4 Å². The lowest BCUT2D eigenvalue weighted by Gasteiger charge is -2.17. The number of aromatic nitrogens is 2. The van der Waals surface area contributed by atoms with Gasteiger partial charge in [0.1, 0.15) is 5.82 Å². The highest BCUT2D eigenvalue weighted by molar-refractivity contribution is 5.65. The minimum Gasteiger partial charge on any atom is -0.465 e. The molecule has 0 aliphatic rings. The largest absolute Gasteiger partial charge is 0.465 e. The summed E-state index contributed by atoms with van der Waals surface area (Å²) in [5, 5.41) is 19.0. The Bertz CT molecular complexity index is 687. The predicted octanol–water partition coefficient (Wildman–Crippen LogP) is 3.80. The third-order valence-electron chi connectivity index (χ3n) is 3.75. The molecule has 6 nitrogen and oxygen atoms in total. The molecule has 24 heavy (non-hydrogen) atoms. The molecule has 7 heteroatoms. The molecule has 0 radical (unpaired) electrons. The average molecular weight is 335 g/mol. The van der Waals surface area contributed by atoms with Gasteiger partial charge in [0.2, 0.25) is 11.8 Å². The van der Waals surface area contributed by atoms with Gasteiger partial charge in [0.15, 0.2) is 0 Å². The van der Waals surface area contributed by atoms with Gasteiger partial charge in [-0.25, -0.2) is 9.18 Å². The monoisotopic (exact) mass is 335 g/mol. The fourth-order valence-electron chi connectivity index (χ4n) is 2.58. The van der Waals surface area contributed by atoms with Crippen molar-refractivity contribution in [2.75, 3.05) is 0 Å². The molecule has 0 fully saturated rings. The maximum atomic E-state index is 14.3. The number of unbranched alkanes of at least 4 members (excludes halogenated alkanes) is 2. The Morgan fingerprint density at radius 3 is 2.79 bits per heavy atom. The second kappa shape index (κ2) is 8.42. The highest BCUT2D eigenvalue weighted by Gasteiger charge is 2.21. The van der Waals surface area contributed by atoms with E-state index in [0.717, 1.165) is 31.2 Å². The van der Waals surface area contributed by atoms with E-state index < -0.39 is 18.0 Å². The van der Waals surface area contributed by atoms with Crippen molar-refractivity contribution in [3.63, 3.8) is 0 Å². The molecule has 2 rings (SSSR count). The van der Waals surface area contributed by atoms with Gasteiger partial charge in [-0.2, -0.15) is 0 Å². The zero-order chi connectivity index (χ0) is 17.5. The lowest BCUT2D eigenvalue weighted by molar-refractivity contribution is 0.189. The molecular weight excluding hydrogens is 313 g/mol. The van der Waals surface area contributed by atoms with E-state index >= 15 is 0 Å². The second-order valence-electron chi connectivity index (χ2n) is 5.73. The Hall–Kier alpha value is -2.44. The Labute approximate surface area is 140 Å². The van der Waals surface area contributed by atoms with Gasteiger partial charge in [-0.1, -0.05) is 31.9 Å². The van der Waals surface area contributed by atoms with Crippen molar-refractivity contribution in [1.82, 2.24) is 15.5 Å². The predicted molar refractivity (Wildman–Crippen MR) is 86.3 cm³/mol. The molecule has 2 N–H and O–H groups in total. The normalized spacial score (nSPS) is 12.1. The summed E-state index contributed by atoms with van der Waals surface area (Å²) >= 11 is 0. The SMILES string of the molecule is CCCCCc1ccc(F)c(C(Cc2nnc(C)o2)NC(=O)O)c1. The summed E-state index contributed by atoms with van der Waals surface area (Å²) in [4.78, 5) is 11.1. The molecule has 1 heterocycles.